The second-order valence-electron chi connectivity index (χ2n) is 7.17. The standard InChI is InChI=1S/C18H25ClN2O3/c1-18(2,3)17(23)21-9-5-6-12(11-21)16(22)20-14-10-13(19)7-8-15(14)24-4/h7-8,10,12H,5-6,9,11H2,1-4H3,(H,20,22)/t12-/m1/s1. The van der Waals surface area contributed by atoms with Crippen LogP contribution in [-0.2, 0) is 9.59 Å². The predicted octanol–water partition coefficient (Wildman–Crippen LogP) is 3.57. The highest BCUT2D eigenvalue weighted by atomic mass is 35.5. The van der Waals surface area contributed by atoms with Crippen molar-refractivity contribution in [3.63, 3.8) is 0 Å². The molecule has 1 aromatic carbocycles. The van der Waals surface area contributed by atoms with Crippen molar-refractivity contribution in [1.29, 1.82) is 0 Å². The molecule has 1 fully saturated rings. The van der Waals surface area contributed by atoms with E-state index in [9.17, 15) is 9.59 Å². The van der Waals surface area contributed by atoms with Crippen LogP contribution in [0.3, 0.4) is 0 Å². The Morgan fingerprint density at radius 1 is 1.33 bits per heavy atom. The zero-order chi connectivity index (χ0) is 17.9. The van der Waals surface area contributed by atoms with E-state index in [1.807, 2.05) is 20.8 Å². The highest BCUT2D eigenvalue weighted by Crippen LogP contribution is 2.29. The third-order valence-corrected chi connectivity index (χ3v) is 4.38. The molecule has 2 rings (SSSR count). The van der Waals surface area contributed by atoms with E-state index in [0.29, 0.717) is 29.5 Å². The Hall–Kier alpha value is -1.75. The number of nitrogens with zero attached hydrogens (tertiary/aromatic N) is 1. The summed E-state index contributed by atoms with van der Waals surface area (Å²) < 4.78 is 5.25. The van der Waals surface area contributed by atoms with E-state index in [4.69, 9.17) is 16.3 Å². The van der Waals surface area contributed by atoms with Crippen LogP contribution in [0.15, 0.2) is 18.2 Å². The summed E-state index contributed by atoms with van der Waals surface area (Å²) in [5.41, 5.74) is 0.114. The summed E-state index contributed by atoms with van der Waals surface area (Å²) in [7, 11) is 1.54. The summed E-state index contributed by atoms with van der Waals surface area (Å²) in [6, 6.07) is 5.09. The predicted molar refractivity (Wildman–Crippen MR) is 95.4 cm³/mol. The van der Waals surface area contributed by atoms with E-state index in [1.165, 1.54) is 0 Å². The number of methoxy groups -OCH3 is 1. The first-order valence-corrected chi connectivity index (χ1v) is 8.54. The molecule has 1 heterocycles. The van der Waals surface area contributed by atoms with Crippen molar-refractivity contribution >= 4 is 29.1 Å². The third kappa shape index (κ3) is 4.41. The summed E-state index contributed by atoms with van der Waals surface area (Å²) in [6.45, 7) is 6.85. The molecule has 1 aliphatic heterocycles. The topological polar surface area (TPSA) is 58.6 Å². The second-order valence-corrected chi connectivity index (χ2v) is 7.61. The van der Waals surface area contributed by atoms with Crippen LogP contribution in [0.25, 0.3) is 0 Å². The van der Waals surface area contributed by atoms with E-state index in [1.54, 1.807) is 30.2 Å². The van der Waals surface area contributed by atoms with Crippen molar-refractivity contribution < 1.29 is 14.3 Å². The number of likely N-dealkylation sites (tertiary alicyclic amines) is 1. The van der Waals surface area contributed by atoms with Crippen molar-refractivity contribution in [1.82, 2.24) is 4.90 Å². The number of benzene rings is 1. The van der Waals surface area contributed by atoms with Crippen molar-refractivity contribution in [2.75, 3.05) is 25.5 Å². The number of ether oxygens (including phenoxy) is 1. The Balaban J connectivity index is 2.07. The van der Waals surface area contributed by atoms with Crippen molar-refractivity contribution in [3.8, 4) is 5.75 Å². The van der Waals surface area contributed by atoms with Crippen LogP contribution in [0.4, 0.5) is 5.69 Å². The maximum atomic E-state index is 12.6. The van der Waals surface area contributed by atoms with Crippen LogP contribution in [0.1, 0.15) is 33.6 Å². The van der Waals surface area contributed by atoms with E-state index in [2.05, 4.69) is 5.32 Å². The van der Waals surface area contributed by atoms with Gasteiger partial charge >= 0.3 is 0 Å². The molecule has 0 spiro atoms. The first kappa shape index (κ1) is 18.6. The number of amides is 2. The summed E-state index contributed by atoms with van der Waals surface area (Å²) in [5, 5.41) is 3.41. The lowest BCUT2D eigenvalue weighted by Crippen LogP contribution is -2.47. The van der Waals surface area contributed by atoms with Gasteiger partial charge in [-0.2, -0.15) is 0 Å². The minimum absolute atomic E-state index is 0.0836. The number of rotatable bonds is 3. The van der Waals surface area contributed by atoms with Crippen molar-refractivity contribution in [2.24, 2.45) is 11.3 Å². The smallest absolute Gasteiger partial charge is 0.229 e. The molecule has 1 aromatic rings. The maximum absolute atomic E-state index is 12.6. The summed E-state index contributed by atoms with van der Waals surface area (Å²) >= 11 is 6.00. The minimum Gasteiger partial charge on any atom is -0.495 e. The monoisotopic (exact) mass is 352 g/mol. The second kappa shape index (κ2) is 7.43. The molecule has 2 amide bonds. The Bertz CT molecular complexity index is 625. The molecule has 1 saturated heterocycles. The Morgan fingerprint density at radius 2 is 2.04 bits per heavy atom. The molecule has 0 aromatic heterocycles. The van der Waals surface area contributed by atoms with Crippen molar-refractivity contribution in [3.05, 3.63) is 23.2 Å². The number of carbonyl (C=O) groups excluding carboxylic acids is 2. The van der Waals surface area contributed by atoms with E-state index >= 15 is 0 Å². The molecule has 24 heavy (non-hydrogen) atoms. The van der Waals surface area contributed by atoms with Gasteiger partial charge in [-0.05, 0) is 31.0 Å². The third-order valence-electron chi connectivity index (χ3n) is 4.14. The van der Waals surface area contributed by atoms with Gasteiger partial charge in [-0.15, -0.1) is 0 Å². The summed E-state index contributed by atoms with van der Waals surface area (Å²) in [4.78, 5) is 26.9. The normalized spacial score (nSPS) is 18.2. The number of piperidine rings is 1. The molecular formula is C18H25ClN2O3. The zero-order valence-electron chi connectivity index (χ0n) is 14.7. The number of halogens is 1. The summed E-state index contributed by atoms with van der Waals surface area (Å²) in [5.74, 6) is 0.308. The molecule has 0 unspecified atom stereocenters. The Kier molecular flexibility index (Phi) is 5.75. The average molecular weight is 353 g/mol. The number of anilines is 1. The first-order chi connectivity index (χ1) is 11.2. The highest BCUT2D eigenvalue weighted by Gasteiger charge is 2.33. The van der Waals surface area contributed by atoms with Crippen molar-refractivity contribution in [2.45, 2.75) is 33.6 Å². The largest absolute Gasteiger partial charge is 0.495 e. The van der Waals surface area contributed by atoms with Gasteiger partial charge in [0.15, 0.2) is 0 Å². The van der Waals surface area contributed by atoms with Gasteiger partial charge in [-0.3, -0.25) is 9.59 Å². The van der Waals surface area contributed by atoms with E-state index in [0.717, 1.165) is 12.8 Å². The van der Waals surface area contributed by atoms with Gasteiger partial charge < -0.3 is 15.0 Å². The first-order valence-electron chi connectivity index (χ1n) is 8.16. The van der Waals surface area contributed by atoms with Crippen LogP contribution in [-0.4, -0.2) is 36.9 Å². The fraction of sp³-hybridized carbons (Fsp3) is 0.556. The maximum Gasteiger partial charge on any atom is 0.229 e. The molecule has 0 bridgehead atoms. The lowest BCUT2D eigenvalue weighted by Gasteiger charge is -2.35. The van der Waals surface area contributed by atoms with E-state index in [-0.39, 0.29) is 17.7 Å². The quantitative estimate of drug-likeness (QED) is 0.904. The molecule has 132 valence electrons. The Labute approximate surface area is 148 Å². The van der Waals surface area contributed by atoms with Gasteiger partial charge in [0.2, 0.25) is 11.8 Å². The highest BCUT2D eigenvalue weighted by molar-refractivity contribution is 6.31. The number of carbonyl (C=O) groups is 2. The lowest BCUT2D eigenvalue weighted by molar-refractivity contribution is -0.142. The van der Waals surface area contributed by atoms with Crippen LogP contribution >= 0.6 is 11.6 Å². The fourth-order valence-corrected chi connectivity index (χ4v) is 3.03. The van der Waals surface area contributed by atoms with Crippen LogP contribution in [0, 0.1) is 11.3 Å². The number of hydrogen-bond donors (Lipinski definition) is 1. The molecule has 1 N–H and O–H groups in total. The fourth-order valence-electron chi connectivity index (χ4n) is 2.86. The molecule has 1 aliphatic rings. The molecule has 0 radical (unpaired) electrons. The Morgan fingerprint density at radius 3 is 2.67 bits per heavy atom. The number of nitrogens with one attached hydrogen (secondary N) is 1. The van der Waals surface area contributed by atoms with Gasteiger partial charge in [0.1, 0.15) is 5.75 Å². The molecule has 5 nitrogen and oxygen atoms in total. The zero-order valence-corrected chi connectivity index (χ0v) is 15.4. The van der Waals surface area contributed by atoms with Gasteiger partial charge in [0, 0.05) is 23.5 Å². The van der Waals surface area contributed by atoms with Crippen LogP contribution in [0.5, 0.6) is 5.75 Å². The van der Waals surface area contributed by atoms with Gasteiger partial charge in [0.05, 0.1) is 18.7 Å². The molecule has 6 heteroatoms. The van der Waals surface area contributed by atoms with Gasteiger partial charge in [-0.1, -0.05) is 32.4 Å². The molecule has 0 aliphatic carbocycles. The minimum atomic E-state index is -0.436. The van der Waals surface area contributed by atoms with Crippen LogP contribution < -0.4 is 10.1 Å². The van der Waals surface area contributed by atoms with Gasteiger partial charge in [-0.25, -0.2) is 0 Å². The SMILES string of the molecule is COc1ccc(Cl)cc1NC(=O)[C@@H]1CCCN(C(=O)C(C)(C)C)C1. The lowest BCUT2D eigenvalue weighted by atomic mass is 9.91. The molecular weight excluding hydrogens is 328 g/mol. The average Bonchev–Trinajstić information content (AvgIpc) is 2.53. The molecule has 0 saturated carbocycles. The van der Waals surface area contributed by atoms with E-state index < -0.39 is 5.41 Å². The summed E-state index contributed by atoms with van der Waals surface area (Å²) in [6.07, 6.45) is 1.59. The van der Waals surface area contributed by atoms with Crippen LogP contribution in [0.2, 0.25) is 5.02 Å². The number of hydrogen-bond acceptors (Lipinski definition) is 3. The van der Waals surface area contributed by atoms with Gasteiger partial charge in [0.25, 0.3) is 0 Å². The molecule has 1 atom stereocenters.